The van der Waals surface area contributed by atoms with Crippen LogP contribution in [-0.4, -0.2) is 22.0 Å². The van der Waals surface area contributed by atoms with E-state index >= 15 is 0 Å². The second-order valence-electron chi connectivity index (χ2n) is 4.07. The van der Waals surface area contributed by atoms with E-state index in [2.05, 4.69) is 26.2 Å². The molecule has 0 saturated carbocycles. The number of carbonyl (C=O) groups is 2. The summed E-state index contributed by atoms with van der Waals surface area (Å²) in [4.78, 5) is 26.5. The molecule has 1 amide bonds. The van der Waals surface area contributed by atoms with Gasteiger partial charge in [-0.25, -0.2) is 9.78 Å². The van der Waals surface area contributed by atoms with Crippen molar-refractivity contribution in [2.75, 3.05) is 5.32 Å². The molecule has 0 bridgehead atoms. The maximum absolute atomic E-state index is 11.9. The quantitative estimate of drug-likeness (QED) is 0.900. The molecule has 0 radical (unpaired) electrons. The van der Waals surface area contributed by atoms with Crippen molar-refractivity contribution in [1.82, 2.24) is 4.98 Å². The van der Waals surface area contributed by atoms with Gasteiger partial charge >= 0.3 is 5.97 Å². The summed E-state index contributed by atoms with van der Waals surface area (Å²) < 4.78 is 0.897. The number of rotatable bonds is 4. The topological polar surface area (TPSA) is 79.3 Å². The van der Waals surface area contributed by atoms with Crippen molar-refractivity contribution in [2.24, 2.45) is 0 Å². The van der Waals surface area contributed by atoms with E-state index in [0.29, 0.717) is 0 Å². The molecule has 0 aliphatic rings. The van der Waals surface area contributed by atoms with Gasteiger partial charge in [-0.1, -0.05) is 34.1 Å². The van der Waals surface area contributed by atoms with E-state index in [1.807, 2.05) is 24.3 Å². The van der Waals surface area contributed by atoms with E-state index in [0.717, 1.165) is 10.0 Å². The van der Waals surface area contributed by atoms with E-state index in [4.69, 9.17) is 5.11 Å². The molecular formula is C14H11BrN2O3. The van der Waals surface area contributed by atoms with Gasteiger partial charge in [0, 0.05) is 4.47 Å². The SMILES string of the molecule is O=C(Cc1cccc(Br)c1)Nc1cccc(C(=O)O)n1. The van der Waals surface area contributed by atoms with E-state index in [-0.39, 0.29) is 23.8 Å². The van der Waals surface area contributed by atoms with Crippen LogP contribution in [0.5, 0.6) is 0 Å². The summed E-state index contributed by atoms with van der Waals surface area (Å²) in [5, 5.41) is 11.4. The second-order valence-corrected chi connectivity index (χ2v) is 4.98. The molecule has 0 fully saturated rings. The van der Waals surface area contributed by atoms with Gasteiger partial charge in [0.2, 0.25) is 5.91 Å². The highest BCUT2D eigenvalue weighted by Gasteiger charge is 2.08. The predicted molar refractivity (Wildman–Crippen MR) is 77.7 cm³/mol. The zero-order valence-electron chi connectivity index (χ0n) is 10.3. The minimum atomic E-state index is -1.13. The molecule has 2 aromatic rings. The Morgan fingerprint density at radius 1 is 1.20 bits per heavy atom. The standard InChI is InChI=1S/C14H11BrN2O3/c15-10-4-1-3-9(7-10)8-13(18)17-12-6-2-5-11(16-12)14(19)20/h1-7H,8H2,(H,19,20)(H,16,17,18). The molecule has 0 unspecified atom stereocenters. The number of carboxylic acid groups (broad SMARTS) is 1. The molecule has 6 heteroatoms. The monoisotopic (exact) mass is 334 g/mol. The number of carboxylic acids is 1. The van der Waals surface area contributed by atoms with Crippen LogP contribution in [-0.2, 0) is 11.2 Å². The number of nitrogens with one attached hydrogen (secondary N) is 1. The minimum absolute atomic E-state index is 0.106. The van der Waals surface area contributed by atoms with Gasteiger partial charge < -0.3 is 10.4 Å². The summed E-state index contributed by atoms with van der Waals surface area (Å²) >= 11 is 3.34. The van der Waals surface area contributed by atoms with Gasteiger partial charge in [-0.2, -0.15) is 0 Å². The van der Waals surface area contributed by atoms with Gasteiger partial charge in [-0.05, 0) is 29.8 Å². The van der Waals surface area contributed by atoms with Crippen LogP contribution in [0.4, 0.5) is 5.82 Å². The van der Waals surface area contributed by atoms with E-state index in [9.17, 15) is 9.59 Å². The first-order valence-electron chi connectivity index (χ1n) is 5.79. The maximum Gasteiger partial charge on any atom is 0.354 e. The van der Waals surface area contributed by atoms with Gasteiger partial charge in [-0.3, -0.25) is 4.79 Å². The number of pyridine rings is 1. The number of carbonyl (C=O) groups excluding carboxylic acids is 1. The molecule has 1 aromatic carbocycles. The highest BCUT2D eigenvalue weighted by molar-refractivity contribution is 9.10. The summed E-state index contributed by atoms with van der Waals surface area (Å²) in [6.07, 6.45) is 0.193. The van der Waals surface area contributed by atoms with Crippen molar-refractivity contribution in [1.29, 1.82) is 0 Å². The second kappa shape index (κ2) is 6.29. The van der Waals surface area contributed by atoms with Crippen molar-refractivity contribution in [3.8, 4) is 0 Å². The summed E-state index contributed by atoms with van der Waals surface area (Å²) in [6.45, 7) is 0. The Hall–Kier alpha value is -2.21. The van der Waals surface area contributed by atoms with Crippen LogP contribution in [0.3, 0.4) is 0 Å². The van der Waals surface area contributed by atoms with Crippen LogP contribution in [0, 0.1) is 0 Å². The highest BCUT2D eigenvalue weighted by atomic mass is 79.9. The number of nitrogens with zero attached hydrogens (tertiary/aromatic N) is 1. The average molecular weight is 335 g/mol. The molecule has 0 aliphatic carbocycles. The summed E-state index contributed by atoms with van der Waals surface area (Å²) in [7, 11) is 0. The van der Waals surface area contributed by atoms with Gasteiger partial charge in [0.05, 0.1) is 6.42 Å². The van der Waals surface area contributed by atoms with Gasteiger partial charge in [0.25, 0.3) is 0 Å². The third-order valence-corrected chi connectivity index (χ3v) is 2.98. The Morgan fingerprint density at radius 2 is 1.95 bits per heavy atom. The lowest BCUT2D eigenvalue weighted by Gasteiger charge is -2.05. The Labute approximate surface area is 123 Å². The van der Waals surface area contributed by atoms with Crippen LogP contribution in [0.15, 0.2) is 46.9 Å². The molecule has 2 rings (SSSR count). The zero-order valence-corrected chi connectivity index (χ0v) is 11.9. The first kappa shape index (κ1) is 14.2. The molecule has 102 valence electrons. The van der Waals surface area contributed by atoms with Crippen molar-refractivity contribution < 1.29 is 14.7 Å². The average Bonchev–Trinajstić information content (AvgIpc) is 2.38. The number of aromatic carboxylic acids is 1. The van der Waals surface area contributed by atoms with Crippen molar-refractivity contribution in [3.05, 3.63) is 58.2 Å². The molecule has 0 spiro atoms. The van der Waals surface area contributed by atoms with Gasteiger partial charge in [0.1, 0.15) is 5.82 Å². The number of aromatic nitrogens is 1. The Morgan fingerprint density at radius 3 is 2.65 bits per heavy atom. The zero-order chi connectivity index (χ0) is 14.5. The fourth-order valence-electron chi connectivity index (χ4n) is 1.64. The van der Waals surface area contributed by atoms with Crippen LogP contribution in [0.2, 0.25) is 0 Å². The first-order chi connectivity index (χ1) is 9.54. The van der Waals surface area contributed by atoms with E-state index in [1.54, 1.807) is 6.07 Å². The summed E-state index contributed by atoms with van der Waals surface area (Å²) in [5.41, 5.74) is 0.747. The normalized spacial score (nSPS) is 10.1. The van der Waals surface area contributed by atoms with E-state index < -0.39 is 5.97 Å². The Kier molecular flexibility index (Phi) is 4.47. The lowest BCUT2D eigenvalue weighted by atomic mass is 10.1. The molecule has 1 heterocycles. The van der Waals surface area contributed by atoms with Crippen molar-refractivity contribution in [3.63, 3.8) is 0 Å². The van der Waals surface area contributed by atoms with E-state index in [1.165, 1.54) is 12.1 Å². The number of anilines is 1. The van der Waals surface area contributed by atoms with Crippen LogP contribution in [0.1, 0.15) is 16.1 Å². The largest absolute Gasteiger partial charge is 0.477 e. The molecule has 2 N–H and O–H groups in total. The smallest absolute Gasteiger partial charge is 0.354 e. The highest BCUT2D eigenvalue weighted by Crippen LogP contribution is 2.13. The summed E-state index contributed by atoms with van der Waals surface area (Å²) in [5.74, 6) is -1.16. The molecule has 0 atom stereocenters. The van der Waals surface area contributed by atoms with Crippen molar-refractivity contribution >= 4 is 33.6 Å². The number of hydrogen-bond donors (Lipinski definition) is 2. The lowest BCUT2D eigenvalue weighted by molar-refractivity contribution is -0.115. The van der Waals surface area contributed by atoms with Crippen molar-refractivity contribution in [2.45, 2.75) is 6.42 Å². The van der Waals surface area contributed by atoms with Crippen LogP contribution in [0.25, 0.3) is 0 Å². The number of hydrogen-bond acceptors (Lipinski definition) is 3. The number of benzene rings is 1. The third-order valence-electron chi connectivity index (χ3n) is 2.49. The molecular weight excluding hydrogens is 324 g/mol. The first-order valence-corrected chi connectivity index (χ1v) is 6.58. The predicted octanol–water partition coefficient (Wildman–Crippen LogP) is 2.72. The maximum atomic E-state index is 11.9. The van der Waals surface area contributed by atoms with Crippen LogP contribution < -0.4 is 5.32 Å². The number of halogens is 1. The molecule has 0 aliphatic heterocycles. The number of amides is 1. The lowest BCUT2D eigenvalue weighted by Crippen LogP contribution is -2.16. The van der Waals surface area contributed by atoms with Crippen LogP contribution >= 0.6 is 15.9 Å². The molecule has 20 heavy (non-hydrogen) atoms. The van der Waals surface area contributed by atoms with Gasteiger partial charge in [0.15, 0.2) is 5.69 Å². The Bertz CT molecular complexity index is 658. The van der Waals surface area contributed by atoms with Gasteiger partial charge in [-0.15, -0.1) is 0 Å². The minimum Gasteiger partial charge on any atom is -0.477 e. The fraction of sp³-hybridized carbons (Fsp3) is 0.0714. The Balaban J connectivity index is 2.04. The molecule has 5 nitrogen and oxygen atoms in total. The fourth-order valence-corrected chi connectivity index (χ4v) is 2.09. The third kappa shape index (κ3) is 3.89. The molecule has 1 aromatic heterocycles. The molecule has 0 saturated heterocycles. The summed E-state index contributed by atoms with van der Waals surface area (Å²) in [6, 6.07) is 11.9.